The van der Waals surface area contributed by atoms with Crippen molar-refractivity contribution >= 4 is 0 Å². The van der Waals surface area contributed by atoms with Crippen LogP contribution in [0.5, 0.6) is 11.5 Å². The van der Waals surface area contributed by atoms with Gasteiger partial charge in [0.05, 0.1) is 0 Å². The minimum atomic E-state index is 0.117. The van der Waals surface area contributed by atoms with E-state index in [0.717, 1.165) is 36.8 Å². The largest absolute Gasteiger partial charge is 0.504 e. The topological polar surface area (TPSA) is 40.5 Å². The predicted molar refractivity (Wildman–Crippen MR) is 111 cm³/mol. The highest BCUT2D eigenvalue weighted by Crippen LogP contribution is 2.49. The fourth-order valence-corrected chi connectivity index (χ4v) is 3.72. The number of benzene rings is 1. The monoisotopic (exact) mass is 360 g/mol. The first-order valence-corrected chi connectivity index (χ1v) is 10.7. The Morgan fingerprint density at radius 3 is 1.81 bits per heavy atom. The Morgan fingerprint density at radius 2 is 1.31 bits per heavy atom. The van der Waals surface area contributed by atoms with E-state index in [0.29, 0.717) is 10.8 Å². The second kappa shape index (κ2) is 9.15. The van der Waals surface area contributed by atoms with E-state index in [2.05, 4.69) is 27.7 Å². The van der Waals surface area contributed by atoms with Gasteiger partial charge in [-0.15, -0.1) is 0 Å². The van der Waals surface area contributed by atoms with Crippen molar-refractivity contribution in [3.05, 3.63) is 23.3 Å². The Morgan fingerprint density at radius 1 is 0.808 bits per heavy atom. The third kappa shape index (κ3) is 7.21. The summed E-state index contributed by atoms with van der Waals surface area (Å²) < 4.78 is 0. The van der Waals surface area contributed by atoms with Crippen molar-refractivity contribution in [2.75, 3.05) is 0 Å². The maximum absolute atomic E-state index is 10.3. The summed E-state index contributed by atoms with van der Waals surface area (Å²) in [7, 11) is 0. The molecule has 0 saturated heterocycles. The van der Waals surface area contributed by atoms with Crippen molar-refractivity contribution < 1.29 is 10.2 Å². The van der Waals surface area contributed by atoms with Gasteiger partial charge in [-0.1, -0.05) is 65.5 Å². The van der Waals surface area contributed by atoms with Crippen LogP contribution in [0.4, 0.5) is 0 Å². The summed E-state index contributed by atoms with van der Waals surface area (Å²) in [6.07, 6.45) is 14.2. The molecule has 0 aliphatic heterocycles. The van der Waals surface area contributed by atoms with E-state index in [1.165, 1.54) is 51.4 Å². The summed E-state index contributed by atoms with van der Waals surface area (Å²) in [6.45, 7) is 9.25. The molecule has 1 aliphatic rings. The molecule has 2 nitrogen and oxygen atoms in total. The van der Waals surface area contributed by atoms with Crippen molar-refractivity contribution in [2.24, 2.45) is 10.8 Å². The summed E-state index contributed by atoms with van der Waals surface area (Å²) in [6, 6.07) is 4.03. The minimum Gasteiger partial charge on any atom is -0.504 e. The summed E-state index contributed by atoms with van der Waals surface area (Å²) in [5.41, 5.74) is 2.84. The number of rotatable bonds is 11. The van der Waals surface area contributed by atoms with Crippen molar-refractivity contribution in [3.8, 4) is 11.5 Å². The lowest BCUT2D eigenvalue weighted by Crippen LogP contribution is -2.03. The van der Waals surface area contributed by atoms with Crippen LogP contribution in [0.1, 0.15) is 103 Å². The Bertz CT molecular complexity index is 564. The van der Waals surface area contributed by atoms with Crippen molar-refractivity contribution in [3.63, 3.8) is 0 Å². The molecule has 2 N–H and O–H groups in total. The van der Waals surface area contributed by atoms with Gasteiger partial charge >= 0.3 is 0 Å². The third-order valence-electron chi connectivity index (χ3n) is 6.02. The Labute approximate surface area is 161 Å². The molecule has 0 unspecified atom stereocenters. The number of hydrogen-bond acceptors (Lipinski definition) is 2. The van der Waals surface area contributed by atoms with Gasteiger partial charge in [-0.25, -0.2) is 0 Å². The summed E-state index contributed by atoms with van der Waals surface area (Å²) in [5.74, 6) is 0.235. The van der Waals surface area contributed by atoms with Crippen LogP contribution in [-0.4, -0.2) is 10.2 Å². The first-order chi connectivity index (χ1) is 12.2. The summed E-state index contributed by atoms with van der Waals surface area (Å²) in [5, 5.41) is 20.7. The van der Waals surface area contributed by atoms with Crippen molar-refractivity contribution in [1.82, 2.24) is 0 Å². The Kier molecular flexibility index (Phi) is 7.43. The SMILES string of the molecule is CC(C)(C)CCCCCCc1ccc(CCCCC2(C)CC2)c(O)c1O. The zero-order chi connectivity index (χ0) is 19.2. The normalized spacial score (nSPS) is 16.0. The molecule has 26 heavy (non-hydrogen) atoms. The molecular weight excluding hydrogens is 320 g/mol. The second-order valence-electron chi connectivity index (χ2n) is 10.1. The zero-order valence-electron chi connectivity index (χ0n) is 17.5. The van der Waals surface area contributed by atoms with Crippen LogP contribution in [0, 0.1) is 10.8 Å². The van der Waals surface area contributed by atoms with E-state index in [-0.39, 0.29) is 11.5 Å². The van der Waals surface area contributed by atoms with E-state index in [1.807, 2.05) is 12.1 Å². The molecule has 148 valence electrons. The second-order valence-corrected chi connectivity index (χ2v) is 10.1. The molecule has 0 heterocycles. The van der Waals surface area contributed by atoms with Crippen molar-refractivity contribution in [1.29, 1.82) is 0 Å². The lowest BCUT2D eigenvalue weighted by molar-refractivity contribution is 0.357. The standard InChI is InChI=1S/C24H40O2/c1-23(2,3)15-9-6-5-7-11-19-13-14-20(22(26)21(19)25)12-8-10-16-24(4)17-18-24/h13-14,25-26H,5-12,15-18H2,1-4H3. The molecular formula is C24H40O2. The molecule has 0 aromatic heterocycles. The number of unbranched alkanes of at least 4 members (excludes halogenated alkanes) is 4. The molecule has 0 bridgehead atoms. The highest BCUT2D eigenvalue weighted by molar-refractivity contribution is 5.50. The van der Waals surface area contributed by atoms with E-state index in [1.54, 1.807) is 0 Å². The van der Waals surface area contributed by atoms with E-state index < -0.39 is 0 Å². The number of phenols is 2. The van der Waals surface area contributed by atoms with Gasteiger partial charge in [0, 0.05) is 0 Å². The van der Waals surface area contributed by atoms with Crippen LogP contribution in [0.2, 0.25) is 0 Å². The van der Waals surface area contributed by atoms with Gasteiger partial charge < -0.3 is 10.2 Å². The van der Waals surface area contributed by atoms with Crippen LogP contribution >= 0.6 is 0 Å². The van der Waals surface area contributed by atoms with Gasteiger partial charge in [0.2, 0.25) is 0 Å². The molecule has 0 atom stereocenters. The first-order valence-electron chi connectivity index (χ1n) is 10.7. The number of hydrogen-bond donors (Lipinski definition) is 2. The predicted octanol–water partition coefficient (Wildman–Crippen LogP) is 7.15. The Balaban J connectivity index is 1.70. The highest BCUT2D eigenvalue weighted by atomic mass is 16.3. The molecule has 1 aromatic carbocycles. The van der Waals surface area contributed by atoms with Gasteiger partial charge in [0.25, 0.3) is 0 Å². The van der Waals surface area contributed by atoms with Gasteiger partial charge in [-0.3, -0.25) is 0 Å². The van der Waals surface area contributed by atoms with Crippen LogP contribution in [0.25, 0.3) is 0 Å². The first kappa shape index (κ1) is 21.1. The Hall–Kier alpha value is -1.18. The average molecular weight is 361 g/mol. The van der Waals surface area contributed by atoms with Gasteiger partial charge in [0.1, 0.15) is 0 Å². The van der Waals surface area contributed by atoms with Crippen LogP contribution < -0.4 is 0 Å². The molecule has 1 saturated carbocycles. The number of aryl methyl sites for hydroxylation is 2. The van der Waals surface area contributed by atoms with Crippen LogP contribution in [0.3, 0.4) is 0 Å². The fraction of sp³-hybridized carbons (Fsp3) is 0.750. The third-order valence-corrected chi connectivity index (χ3v) is 6.02. The molecule has 2 rings (SSSR count). The maximum Gasteiger partial charge on any atom is 0.160 e. The van der Waals surface area contributed by atoms with E-state index >= 15 is 0 Å². The molecule has 0 radical (unpaired) electrons. The van der Waals surface area contributed by atoms with Gasteiger partial charge in [-0.05, 0) is 73.3 Å². The molecule has 0 amide bonds. The minimum absolute atomic E-state index is 0.117. The van der Waals surface area contributed by atoms with E-state index in [9.17, 15) is 10.2 Å². The fourth-order valence-electron chi connectivity index (χ4n) is 3.72. The van der Waals surface area contributed by atoms with Gasteiger partial charge in [-0.2, -0.15) is 0 Å². The quantitative estimate of drug-likeness (QED) is 0.325. The highest BCUT2D eigenvalue weighted by Gasteiger charge is 2.35. The molecule has 1 fully saturated rings. The maximum atomic E-state index is 10.3. The average Bonchev–Trinajstić information content (AvgIpc) is 3.29. The molecule has 1 aliphatic carbocycles. The number of aromatic hydroxyl groups is 2. The van der Waals surface area contributed by atoms with E-state index in [4.69, 9.17) is 0 Å². The van der Waals surface area contributed by atoms with Crippen LogP contribution in [-0.2, 0) is 12.8 Å². The molecule has 1 aromatic rings. The molecule has 0 spiro atoms. The zero-order valence-corrected chi connectivity index (χ0v) is 17.5. The summed E-state index contributed by atoms with van der Waals surface area (Å²) in [4.78, 5) is 0. The number of phenolic OH excluding ortho intramolecular Hbond substituents is 2. The lowest BCUT2D eigenvalue weighted by Gasteiger charge is -2.17. The summed E-state index contributed by atoms with van der Waals surface area (Å²) >= 11 is 0. The van der Waals surface area contributed by atoms with Crippen LogP contribution in [0.15, 0.2) is 12.1 Å². The smallest absolute Gasteiger partial charge is 0.160 e. The van der Waals surface area contributed by atoms with Gasteiger partial charge in [0.15, 0.2) is 11.5 Å². The molecule has 2 heteroatoms. The lowest BCUT2D eigenvalue weighted by atomic mass is 9.89. The van der Waals surface area contributed by atoms with Crippen molar-refractivity contribution in [2.45, 2.75) is 105 Å².